The first kappa shape index (κ1) is 17.4. The fourth-order valence-corrected chi connectivity index (χ4v) is 3.44. The molecule has 0 unspecified atom stereocenters. The number of amides is 1. The SMILES string of the molecule is CC(=O)N1CCN(CCNS(=O)(=O)c2ccc(C#N)cc2)CC1. The van der Waals surface area contributed by atoms with Crippen molar-refractivity contribution in [3.05, 3.63) is 29.8 Å². The highest BCUT2D eigenvalue weighted by atomic mass is 32.2. The molecule has 0 aliphatic carbocycles. The highest BCUT2D eigenvalue weighted by Crippen LogP contribution is 2.10. The lowest BCUT2D eigenvalue weighted by Gasteiger charge is -2.34. The topological polar surface area (TPSA) is 93.5 Å². The van der Waals surface area contributed by atoms with E-state index >= 15 is 0 Å². The molecular weight excluding hydrogens is 316 g/mol. The molecule has 0 radical (unpaired) electrons. The van der Waals surface area contributed by atoms with Crippen LogP contribution in [0.4, 0.5) is 0 Å². The number of hydrogen-bond acceptors (Lipinski definition) is 5. The van der Waals surface area contributed by atoms with Crippen molar-refractivity contribution in [2.24, 2.45) is 0 Å². The predicted molar refractivity (Wildman–Crippen MR) is 85.0 cm³/mol. The Balaban J connectivity index is 1.81. The Morgan fingerprint density at radius 3 is 2.35 bits per heavy atom. The number of nitrogens with one attached hydrogen (secondary N) is 1. The molecule has 0 atom stereocenters. The predicted octanol–water partition coefficient (Wildman–Crippen LogP) is 0.000680. The quantitative estimate of drug-likeness (QED) is 0.817. The van der Waals surface area contributed by atoms with Crippen LogP contribution in [0.2, 0.25) is 0 Å². The third kappa shape index (κ3) is 4.76. The Morgan fingerprint density at radius 1 is 1.22 bits per heavy atom. The van der Waals surface area contributed by atoms with Crippen LogP contribution in [-0.2, 0) is 14.8 Å². The van der Waals surface area contributed by atoms with Crippen LogP contribution in [-0.4, -0.2) is 63.4 Å². The van der Waals surface area contributed by atoms with Crippen LogP contribution in [0, 0.1) is 11.3 Å². The summed E-state index contributed by atoms with van der Waals surface area (Å²) in [7, 11) is -3.56. The van der Waals surface area contributed by atoms with Gasteiger partial charge in [-0.25, -0.2) is 13.1 Å². The van der Waals surface area contributed by atoms with E-state index in [4.69, 9.17) is 5.26 Å². The van der Waals surface area contributed by atoms with E-state index in [1.165, 1.54) is 24.3 Å². The summed E-state index contributed by atoms with van der Waals surface area (Å²) < 4.78 is 26.9. The molecule has 124 valence electrons. The number of hydrogen-bond donors (Lipinski definition) is 1. The molecule has 1 N–H and O–H groups in total. The zero-order chi connectivity index (χ0) is 16.9. The fraction of sp³-hybridized carbons (Fsp3) is 0.467. The average Bonchev–Trinajstić information content (AvgIpc) is 2.55. The Bertz CT molecular complexity index is 686. The van der Waals surface area contributed by atoms with Crippen molar-refractivity contribution in [1.82, 2.24) is 14.5 Å². The molecule has 0 aromatic heterocycles. The number of sulfonamides is 1. The van der Waals surface area contributed by atoms with Gasteiger partial charge in [0, 0.05) is 46.2 Å². The standard InChI is InChI=1S/C15H20N4O3S/c1-13(20)19-10-8-18(9-11-19)7-6-17-23(21,22)15-4-2-14(12-16)3-5-15/h2-5,17H,6-11H2,1H3. The molecule has 23 heavy (non-hydrogen) atoms. The van der Waals surface area contributed by atoms with Crippen LogP contribution in [0.25, 0.3) is 0 Å². The molecule has 0 spiro atoms. The molecule has 1 fully saturated rings. The lowest BCUT2D eigenvalue weighted by Crippen LogP contribution is -2.49. The van der Waals surface area contributed by atoms with Crippen LogP contribution in [0.1, 0.15) is 12.5 Å². The molecule has 1 saturated heterocycles. The second-order valence-electron chi connectivity index (χ2n) is 5.38. The largest absolute Gasteiger partial charge is 0.340 e. The number of benzene rings is 1. The second-order valence-corrected chi connectivity index (χ2v) is 7.15. The maximum atomic E-state index is 12.1. The van der Waals surface area contributed by atoms with Crippen molar-refractivity contribution in [3.63, 3.8) is 0 Å². The zero-order valence-corrected chi connectivity index (χ0v) is 13.8. The van der Waals surface area contributed by atoms with E-state index in [1.807, 2.05) is 6.07 Å². The van der Waals surface area contributed by atoms with Gasteiger partial charge < -0.3 is 4.90 Å². The van der Waals surface area contributed by atoms with Crippen LogP contribution in [0.3, 0.4) is 0 Å². The van der Waals surface area contributed by atoms with E-state index in [0.29, 0.717) is 31.7 Å². The van der Waals surface area contributed by atoms with Gasteiger partial charge in [0.05, 0.1) is 16.5 Å². The van der Waals surface area contributed by atoms with Crippen molar-refractivity contribution in [2.75, 3.05) is 39.3 Å². The molecule has 0 saturated carbocycles. The number of piperazine rings is 1. The summed E-state index contributed by atoms with van der Waals surface area (Å²) >= 11 is 0. The van der Waals surface area contributed by atoms with Gasteiger partial charge in [0.15, 0.2) is 0 Å². The monoisotopic (exact) mass is 336 g/mol. The van der Waals surface area contributed by atoms with Gasteiger partial charge in [0.2, 0.25) is 15.9 Å². The highest BCUT2D eigenvalue weighted by molar-refractivity contribution is 7.89. The summed E-state index contributed by atoms with van der Waals surface area (Å²) in [4.78, 5) is 15.3. The normalized spacial score (nSPS) is 16.1. The van der Waals surface area contributed by atoms with Crippen LogP contribution in [0.5, 0.6) is 0 Å². The molecule has 1 amide bonds. The lowest BCUT2D eigenvalue weighted by atomic mass is 10.2. The number of carbonyl (C=O) groups excluding carboxylic acids is 1. The van der Waals surface area contributed by atoms with E-state index in [9.17, 15) is 13.2 Å². The van der Waals surface area contributed by atoms with E-state index in [2.05, 4.69) is 9.62 Å². The summed E-state index contributed by atoms with van der Waals surface area (Å²) in [5, 5.41) is 8.72. The maximum Gasteiger partial charge on any atom is 0.240 e. The lowest BCUT2D eigenvalue weighted by molar-refractivity contribution is -0.130. The van der Waals surface area contributed by atoms with Crippen LogP contribution < -0.4 is 4.72 Å². The van der Waals surface area contributed by atoms with Crippen LogP contribution >= 0.6 is 0 Å². The maximum absolute atomic E-state index is 12.1. The molecule has 2 rings (SSSR count). The van der Waals surface area contributed by atoms with Crippen LogP contribution in [0.15, 0.2) is 29.2 Å². The first-order chi connectivity index (χ1) is 10.9. The first-order valence-electron chi connectivity index (χ1n) is 7.40. The van der Waals surface area contributed by atoms with E-state index < -0.39 is 10.0 Å². The van der Waals surface area contributed by atoms with Gasteiger partial charge in [0.25, 0.3) is 0 Å². The summed E-state index contributed by atoms with van der Waals surface area (Å²) in [6.07, 6.45) is 0. The van der Waals surface area contributed by atoms with Gasteiger partial charge in [-0.05, 0) is 24.3 Å². The highest BCUT2D eigenvalue weighted by Gasteiger charge is 2.19. The van der Waals surface area contributed by atoms with Crippen molar-refractivity contribution in [3.8, 4) is 6.07 Å². The van der Waals surface area contributed by atoms with Gasteiger partial charge in [-0.15, -0.1) is 0 Å². The third-order valence-electron chi connectivity index (χ3n) is 3.83. The Hall–Kier alpha value is -1.95. The summed E-state index contributed by atoms with van der Waals surface area (Å²) in [6, 6.07) is 7.76. The fourth-order valence-electron chi connectivity index (χ4n) is 2.42. The van der Waals surface area contributed by atoms with Crippen molar-refractivity contribution < 1.29 is 13.2 Å². The van der Waals surface area contributed by atoms with Gasteiger partial charge in [-0.3, -0.25) is 9.69 Å². The second kappa shape index (κ2) is 7.55. The number of nitrogens with zero attached hydrogens (tertiary/aromatic N) is 3. The molecule has 1 aliphatic rings. The average molecular weight is 336 g/mol. The number of rotatable bonds is 5. The molecule has 1 heterocycles. The minimum Gasteiger partial charge on any atom is -0.340 e. The summed E-state index contributed by atoms with van der Waals surface area (Å²) in [6.45, 7) is 5.32. The van der Waals surface area contributed by atoms with Crippen molar-refractivity contribution in [2.45, 2.75) is 11.8 Å². The Labute approximate surface area is 136 Å². The van der Waals surface area contributed by atoms with Crippen molar-refractivity contribution >= 4 is 15.9 Å². The molecular formula is C15H20N4O3S. The molecule has 1 aliphatic heterocycles. The molecule has 1 aromatic carbocycles. The minimum absolute atomic E-state index is 0.0752. The van der Waals surface area contributed by atoms with Gasteiger partial charge >= 0.3 is 0 Å². The zero-order valence-electron chi connectivity index (χ0n) is 13.0. The van der Waals surface area contributed by atoms with Crippen molar-refractivity contribution in [1.29, 1.82) is 5.26 Å². The third-order valence-corrected chi connectivity index (χ3v) is 5.31. The van der Waals surface area contributed by atoms with E-state index in [1.54, 1.807) is 11.8 Å². The summed E-state index contributed by atoms with van der Waals surface area (Å²) in [5.74, 6) is 0.0752. The molecule has 1 aromatic rings. The molecule has 7 nitrogen and oxygen atoms in total. The Morgan fingerprint density at radius 2 is 1.83 bits per heavy atom. The van der Waals surface area contributed by atoms with E-state index in [0.717, 1.165) is 13.1 Å². The van der Waals surface area contributed by atoms with Gasteiger partial charge in [0.1, 0.15) is 0 Å². The first-order valence-corrected chi connectivity index (χ1v) is 8.88. The van der Waals surface area contributed by atoms with Gasteiger partial charge in [-0.2, -0.15) is 5.26 Å². The summed E-state index contributed by atoms with van der Waals surface area (Å²) in [5.41, 5.74) is 0.423. The van der Waals surface area contributed by atoms with Gasteiger partial charge in [-0.1, -0.05) is 0 Å². The molecule has 8 heteroatoms. The van der Waals surface area contributed by atoms with E-state index in [-0.39, 0.29) is 10.8 Å². The smallest absolute Gasteiger partial charge is 0.240 e. The number of carbonyl (C=O) groups is 1. The molecule has 0 bridgehead atoms. The number of nitriles is 1. The minimum atomic E-state index is -3.56. The Kier molecular flexibility index (Phi) is 5.71.